The monoisotopic (exact) mass is 385 g/mol. The Hall–Kier alpha value is -2.49. The van der Waals surface area contributed by atoms with Crippen molar-refractivity contribution in [2.45, 2.75) is 31.8 Å². The van der Waals surface area contributed by atoms with Crippen molar-refractivity contribution in [3.05, 3.63) is 34.4 Å². The molecule has 0 radical (unpaired) electrons. The molecule has 26 heavy (non-hydrogen) atoms. The molecule has 1 aromatic carbocycles. The van der Waals surface area contributed by atoms with Gasteiger partial charge in [-0.25, -0.2) is 5.09 Å². The lowest BCUT2D eigenvalue weighted by Gasteiger charge is -2.32. The Balaban J connectivity index is 2.01. The van der Waals surface area contributed by atoms with E-state index in [1.54, 1.807) is 0 Å². The highest BCUT2D eigenvalue weighted by atomic mass is 31.2. The predicted molar refractivity (Wildman–Crippen MR) is 83.7 cm³/mol. The molecule has 3 atom stereocenters. The molecule has 0 spiro atoms. The van der Waals surface area contributed by atoms with E-state index in [9.17, 15) is 34.3 Å². The number of non-ortho nitro benzene ring substituents is 1. The first kappa shape index (κ1) is 19.8. The maximum Gasteiger partial charge on any atom is 0.269 e. The molecule has 2 rings (SSSR count). The van der Waals surface area contributed by atoms with Crippen LogP contribution in [0.4, 0.5) is 5.69 Å². The van der Waals surface area contributed by atoms with Crippen LogP contribution in [0.25, 0.3) is 0 Å². The number of carbonyl (C=O) groups excluding carboxylic acids is 2. The van der Waals surface area contributed by atoms with E-state index in [1.165, 1.54) is 6.92 Å². The molecule has 1 fully saturated rings. The molecule has 0 saturated carbocycles. The first-order chi connectivity index (χ1) is 12.1. The summed E-state index contributed by atoms with van der Waals surface area (Å²) in [4.78, 5) is 46.3. The molecule has 1 unspecified atom stereocenters. The minimum Gasteiger partial charge on any atom is -0.756 e. The summed E-state index contributed by atoms with van der Waals surface area (Å²) in [5.74, 6) is -2.27. The highest BCUT2D eigenvalue weighted by molar-refractivity contribution is 7.49. The molecule has 12 heteroatoms. The van der Waals surface area contributed by atoms with Crippen molar-refractivity contribution in [2.24, 2.45) is 0 Å². The maximum atomic E-state index is 12.3. The molecule has 1 amide bonds. The lowest BCUT2D eigenvalue weighted by molar-refractivity contribution is -0.384. The maximum absolute atomic E-state index is 12.3. The lowest BCUT2D eigenvalue weighted by atomic mass is 10.2. The van der Waals surface area contributed by atoms with E-state index in [0.717, 1.165) is 29.2 Å². The molecule has 1 aliphatic heterocycles. The van der Waals surface area contributed by atoms with Gasteiger partial charge in [0.1, 0.15) is 5.75 Å². The third kappa shape index (κ3) is 4.78. The molecule has 0 aliphatic carbocycles. The second-order valence-electron chi connectivity index (χ2n) is 5.70. The summed E-state index contributed by atoms with van der Waals surface area (Å²) in [6.45, 7) is 1.45. The van der Waals surface area contributed by atoms with Crippen molar-refractivity contribution in [1.82, 2.24) is 9.99 Å². The molecule has 1 aromatic rings. The van der Waals surface area contributed by atoms with Gasteiger partial charge in [0.15, 0.2) is 0 Å². The van der Waals surface area contributed by atoms with E-state index in [1.807, 2.05) is 5.09 Å². The van der Waals surface area contributed by atoms with E-state index >= 15 is 0 Å². The molecule has 0 aromatic heterocycles. The summed E-state index contributed by atoms with van der Waals surface area (Å²) in [6, 6.07) is 1.99. The molecule has 0 bridgehead atoms. The van der Waals surface area contributed by atoms with Crippen LogP contribution >= 0.6 is 7.75 Å². The predicted octanol–water partition coefficient (Wildman–Crippen LogP) is -0.839. The van der Waals surface area contributed by atoms with Gasteiger partial charge in [-0.2, -0.15) is 0 Å². The Labute approximate surface area is 148 Å². The summed E-state index contributed by atoms with van der Waals surface area (Å²) in [6.07, 6.45) is 0.723. The number of carboxylic acid groups (broad SMARTS) is 1. The normalized spacial score (nSPS) is 20.2. The van der Waals surface area contributed by atoms with Crippen LogP contribution in [0.1, 0.15) is 19.8 Å². The van der Waals surface area contributed by atoms with Crippen molar-refractivity contribution in [3.63, 3.8) is 0 Å². The fourth-order valence-corrected chi connectivity index (χ4v) is 3.65. The summed E-state index contributed by atoms with van der Waals surface area (Å²) >= 11 is 0. The molecule has 1 aliphatic rings. The van der Waals surface area contributed by atoms with Gasteiger partial charge in [0.2, 0.25) is 5.91 Å². The number of hydrogen-bond acceptors (Lipinski definition) is 8. The van der Waals surface area contributed by atoms with Gasteiger partial charge in [0.25, 0.3) is 13.4 Å². The third-order valence-corrected chi connectivity index (χ3v) is 4.96. The van der Waals surface area contributed by atoms with Gasteiger partial charge < -0.3 is 24.2 Å². The second kappa shape index (κ2) is 7.81. The van der Waals surface area contributed by atoms with Crippen LogP contribution in [0, 0.1) is 10.1 Å². The van der Waals surface area contributed by atoms with Gasteiger partial charge >= 0.3 is 0 Å². The average Bonchev–Trinajstić information content (AvgIpc) is 3.03. The summed E-state index contributed by atoms with van der Waals surface area (Å²) < 4.78 is 16.8. The number of nitro groups is 1. The average molecular weight is 385 g/mol. The fourth-order valence-electron chi connectivity index (χ4n) is 2.61. The van der Waals surface area contributed by atoms with Gasteiger partial charge in [0, 0.05) is 18.7 Å². The van der Waals surface area contributed by atoms with Crippen LogP contribution in [0.2, 0.25) is 0 Å². The van der Waals surface area contributed by atoms with Gasteiger partial charge in [0.05, 0.1) is 23.0 Å². The largest absolute Gasteiger partial charge is 0.756 e. The summed E-state index contributed by atoms with van der Waals surface area (Å²) in [5, 5.41) is 23.6. The number of aliphatic carboxylic acids is 1. The molecular formula is C14H16N3O8P-2. The molecular weight excluding hydrogens is 369 g/mol. The fraction of sp³-hybridized carbons (Fsp3) is 0.429. The molecule has 11 nitrogen and oxygen atoms in total. The number of likely N-dealkylation sites (tertiary alicyclic amines) is 1. The molecule has 1 saturated heterocycles. The number of hydrogen-bond donors (Lipinski definition) is 1. The number of nitrogens with one attached hydrogen (secondary N) is 1. The highest BCUT2D eigenvalue weighted by Gasteiger charge is 2.33. The van der Waals surface area contributed by atoms with Crippen LogP contribution in [-0.2, 0) is 14.2 Å². The SMILES string of the molecule is C[C@H](NP(=O)([O-])Oc1ccc([N+](=O)[O-])cc1)C(=O)N1CCC[C@H]1C(=O)[O-]. The number of amides is 1. The first-order valence-corrected chi connectivity index (χ1v) is 9.19. The van der Waals surface area contributed by atoms with Gasteiger partial charge in [-0.05, 0) is 31.9 Å². The van der Waals surface area contributed by atoms with E-state index in [-0.39, 0.29) is 24.4 Å². The number of rotatable bonds is 7. The Morgan fingerprint density at radius 1 is 1.38 bits per heavy atom. The standard InChI is InChI=1S/C14H18N3O8P/c1-9(13(18)16-8-2-3-12(16)14(19)20)15-26(23,24)25-11-6-4-10(5-7-11)17(21)22/h4-7,9,12H,2-3,8H2,1H3,(H,19,20)(H2,15,23,24)/p-2/t9-,12-/m0/s1. The zero-order chi connectivity index (χ0) is 19.5. The Kier molecular flexibility index (Phi) is 5.96. The Morgan fingerprint density at radius 2 is 2.00 bits per heavy atom. The van der Waals surface area contributed by atoms with E-state index in [4.69, 9.17) is 4.52 Å². The van der Waals surface area contributed by atoms with Gasteiger partial charge in [-0.15, -0.1) is 0 Å². The van der Waals surface area contributed by atoms with Crippen LogP contribution in [0.3, 0.4) is 0 Å². The highest BCUT2D eigenvalue weighted by Crippen LogP contribution is 2.35. The Bertz CT molecular complexity index is 753. The minimum absolute atomic E-state index is 0.171. The second-order valence-corrected chi connectivity index (χ2v) is 7.13. The molecule has 1 N–H and O–H groups in total. The Morgan fingerprint density at radius 3 is 2.54 bits per heavy atom. The van der Waals surface area contributed by atoms with Crippen LogP contribution in [0.15, 0.2) is 24.3 Å². The number of benzene rings is 1. The van der Waals surface area contributed by atoms with E-state index in [2.05, 4.69) is 0 Å². The van der Waals surface area contributed by atoms with Crippen LogP contribution < -0.4 is 19.6 Å². The quantitative estimate of drug-likeness (QED) is 0.358. The number of carbonyl (C=O) groups is 2. The van der Waals surface area contributed by atoms with Gasteiger partial charge in [-0.1, -0.05) is 0 Å². The zero-order valence-corrected chi connectivity index (χ0v) is 14.6. The van der Waals surface area contributed by atoms with Gasteiger partial charge in [-0.3, -0.25) is 19.5 Å². The number of carboxylic acids is 1. The summed E-state index contributed by atoms with van der Waals surface area (Å²) in [7, 11) is -4.73. The van der Waals surface area contributed by atoms with Crippen molar-refractivity contribution >= 4 is 25.3 Å². The lowest BCUT2D eigenvalue weighted by Crippen LogP contribution is -2.52. The van der Waals surface area contributed by atoms with Crippen LogP contribution in [0.5, 0.6) is 5.75 Å². The van der Waals surface area contributed by atoms with E-state index < -0.39 is 36.6 Å². The van der Waals surface area contributed by atoms with Crippen molar-refractivity contribution in [2.75, 3.05) is 6.54 Å². The summed E-state index contributed by atoms with van der Waals surface area (Å²) in [5.41, 5.74) is -0.239. The van der Waals surface area contributed by atoms with E-state index in [0.29, 0.717) is 6.42 Å². The minimum atomic E-state index is -4.73. The number of nitrogens with zero attached hydrogens (tertiary/aromatic N) is 2. The number of nitro benzene ring substituents is 1. The zero-order valence-electron chi connectivity index (χ0n) is 13.7. The topological polar surface area (TPSA) is 165 Å². The molecule has 1 heterocycles. The smallest absolute Gasteiger partial charge is 0.269 e. The first-order valence-electron chi connectivity index (χ1n) is 7.65. The van der Waals surface area contributed by atoms with Crippen molar-refractivity contribution < 1.29 is 33.6 Å². The third-order valence-electron chi connectivity index (χ3n) is 3.80. The van der Waals surface area contributed by atoms with Crippen molar-refractivity contribution in [3.8, 4) is 5.75 Å². The van der Waals surface area contributed by atoms with Crippen LogP contribution in [-0.4, -0.2) is 40.3 Å². The molecule has 142 valence electrons. The van der Waals surface area contributed by atoms with Crippen molar-refractivity contribution in [1.29, 1.82) is 0 Å².